The van der Waals surface area contributed by atoms with Crippen LogP contribution in [0.3, 0.4) is 0 Å². The van der Waals surface area contributed by atoms with Gasteiger partial charge in [-0.1, -0.05) is 6.07 Å². The second-order valence-corrected chi connectivity index (χ2v) is 14.2. The Balaban J connectivity index is 1.13. The standard InChI is InChI=1S/C39H39N7O5/c1-4-51-39(49)26-17-41-28-11-7-21(13-25(28)35(26)47)27-10-8-22-15-31(45(36(22)42-27)18-20-5-6-20)37-43-29-14-24(16-32(50-3)34(29)44(37)2)38(48)46-19-23-9-12-30(46)33(23)40/h7-8,10-11,13-17,20,23,30,33H,4-6,9,12,18-19,40H2,1-3H3,(H,41,47)/t23?,30?,33-/m1/s1. The van der Waals surface area contributed by atoms with Gasteiger partial charge >= 0.3 is 5.97 Å². The normalized spacial score (nSPS) is 19.8. The van der Waals surface area contributed by atoms with E-state index in [4.69, 9.17) is 25.2 Å². The number of piperidine rings is 1. The molecule has 51 heavy (non-hydrogen) atoms. The van der Waals surface area contributed by atoms with E-state index in [-0.39, 0.29) is 35.6 Å². The summed E-state index contributed by atoms with van der Waals surface area (Å²) in [5, 5.41) is 1.36. The molecule has 5 heterocycles. The number of rotatable bonds is 8. The van der Waals surface area contributed by atoms with Crippen LogP contribution in [-0.2, 0) is 18.3 Å². The van der Waals surface area contributed by atoms with E-state index in [2.05, 4.69) is 15.6 Å². The summed E-state index contributed by atoms with van der Waals surface area (Å²) in [7, 11) is 3.60. The molecular formula is C39H39N7O5. The van der Waals surface area contributed by atoms with Crippen molar-refractivity contribution in [2.45, 2.75) is 51.2 Å². The number of nitrogens with zero attached hydrogens (tertiary/aromatic N) is 5. The van der Waals surface area contributed by atoms with Gasteiger partial charge in [0.05, 0.1) is 30.6 Å². The minimum Gasteiger partial charge on any atom is -0.494 e. The van der Waals surface area contributed by atoms with Gasteiger partial charge < -0.3 is 34.2 Å². The van der Waals surface area contributed by atoms with Crippen LogP contribution >= 0.6 is 0 Å². The highest BCUT2D eigenvalue weighted by atomic mass is 16.5. The van der Waals surface area contributed by atoms with E-state index in [1.807, 2.05) is 52.9 Å². The third-order valence-corrected chi connectivity index (χ3v) is 11.1. The van der Waals surface area contributed by atoms with Gasteiger partial charge in [-0.05, 0) is 86.9 Å². The van der Waals surface area contributed by atoms with E-state index in [9.17, 15) is 14.4 Å². The number of H-pyrrole nitrogens is 1. The topological polar surface area (TPSA) is 150 Å². The number of hydrogen-bond donors (Lipinski definition) is 2. The SMILES string of the molecule is CCOC(=O)c1c[nH]c2ccc(-c3ccc4cc(-c5nc6cc(C(=O)N7CC8CCC7[C@@H]8N)cc(OC)c6n5C)n(CC5CC5)c4n3)cc2c1=O. The molecule has 0 spiro atoms. The third-order valence-electron chi connectivity index (χ3n) is 11.1. The summed E-state index contributed by atoms with van der Waals surface area (Å²) in [5.41, 5.74) is 11.9. The van der Waals surface area contributed by atoms with Crippen LogP contribution in [0.15, 0.2) is 59.5 Å². The quantitative estimate of drug-likeness (QED) is 0.206. The van der Waals surface area contributed by atoms with Gasteiger partial charge in [-0.15, -0.1) is 0 Å². The summed E-state index contributed by atoms with van der Waals surface area (Å²) >= 11 is 0. The molecular weight excluding hydrogens is 646 g/mol. The minimum absolute atomic E-state index is 0.0302. The van der Waals surface area contributed by atoms with Crippen molar-refractivity contribution in [3.63, 3.8) is 0 Å². The smallest absolute Gasteiger partial charge is 0.343 e. The molecule has 0 radical (unpaired) electrons. The van der Waals surface area contributed by atoms with Crippen LogP contribution in [0.2, 0.25) is 0 Å². The summed E-state index contributed by atoms with van der Waals surface area (Å²) in [6, 6.07) is 15.5. The Morgan fingerprint density at radius 1 is 1.04 bits per heavy atom. The fourth-order valence-electron chi connectivity index (χ4n) is 8.22. The molecule has 2 bridgehead atoms. The van der Waals surface area contributed by atoms with Crippen LogP contribution in [0.1, 0.15) is 53.3 Å². The average Bonchev–Trinajstić information content (AvgIpc) is 3.54. The van der Waals surface area contributed by atoms with E-state index in [1.54, 1.807) is 20.1 Å². The Morgan fingerprint density at radius 2 is 1.88 bits per heavy atom. The fraction of sp³-hybridized carbons (Fsp3) is 0.359. The monoisotopic (exact) mass is 685 g/mol. The lowest BCUT2D eigenvalue weighted by atomic mass is 10.1. The number of likely N-dealkylation sites (tertiary alicyclic amines) is 1. The van der Waals surface area contributed by atoms with E-state index in [0.29, 0.717) is 51.8 Å². The van der Waals surface area contributed by atoms with E-state index >= 15 is 0 Å². The van der Waals surface area contributed by atoms with Crippen LogP contribution in [0, 0.1) is 11.8 Å². The Labute approximate surface area is 293 Å². The van der Waals surface area contributed by atoms with Gasteiger partial charge in [0.25, 0.3) is 5.91 Å². The minimum atomic E-state index is -0.651. The maximum Gasteiger partial charge on any atom is 0.343 e. The number of aryl methyl sites for hydroxylation is 1. The number of benzene rings is 2. The second kappa shape index (κ2) is 11.8. The molecule has 260 valence electrons. The molecule has 9 rings (SSSR count). The van der Waals surface area contributed by atoms with Crippen LogP contribution in [0.4, 0.5) is 0 Å². The molecule has 3 atom stereocenters. The van der Waals surface area contributed by atoms with Gasteiger partial charge in [0, 0.05) is 65.8 Å². The third kappa shape index (κ3) is 5.03. The zero-order chi connectivity index (χ0) is 35.1. The van der Waals surface area contributed by atoms with Crippen molar-refractivity contribution >= 4 is 44.8 Å². The van der Waals surface area contributed by atoms with Crippen molar-refractivity contribution < 1.29 is 19.1 Å². The maximum absolute atomic E-state index is 13.8. The number of carbonyl (C=O) groups is 2. The lowest BCUT2D eigenvalue weighted by Crippen LogP contribution is -2.41. The van der Waals surface area contributed by atoms with Crippen molar-refractivity contribution in [2.24, 2.45) is 24.6 Å². The number of esters is 1. The number of nitrogens with two attached hydrogens (primary N) is 1. The number of fused-ring (bicyclic) bond motifs is 5. The first-order valence-electron chi connectivity index (χ1n) is 17.7. The molecule has 1 amide bonds. The molecule has 6 aromatic rings. The zero-order valence-corrected chi connectivity index (χ0v) is 28.8. The van der Waals surface area contributed by atoms with E-state index in [1.165, 1.54) is 6.20 Å². The molecule has 3 N–H and O–H groups in total. The number of aromatic amines is 1. The first kappa shape index (κ1) is 31.5. The molecule has 2 unspecified atom stereocenters. The number of methoxy groups -OCH3 is 1. The molecule has 2 aliphatic carbocycles. The average molecular weight is 686 g/mol. The highest BCUT2D eigenvalue weighted by Crippen LogP contribution is 2.40. The number of imidazole rings is 1. The summed E-state index contributed by atoms with van der Waals surface area (Å²) in [5.74, 6) is 1.56. The first-order valence-corrected chi connectivity index (χ1v) is 17.7. The van der Waals surface area contributed by atoms with Crippen molar-refractivity contribution in [1.82, 2.24) is 29.0 Å². The van der Waals surface area contributed by atoms with E-state index in [0.717, 1.165) is 65.9 Å². The van der Waals surface area contributed by atoms with Gasteiger partial charge in [0.1, 0.15) is 22.5 Å². The van der Waals surface area contributed by atoms with Crippen molar-refractivity contribution in [1.29, 1.82) is 0 Å². The highest BCUT2D eigenvalue weighted by molar-refractivity contribution is 6.01. The summed E-state index contributed by atoms with van der Waals surface area (Å²) in [6.45, 7) is 3.37. The largest absolute Gasteiger partial charge is 0.494 e. The molecule has 1 aliphatic heterocycles. The number of ether oxygens (including phenoxy) is 2. The molecule has 4 aromatic heterocycles. The second-order valence-electron chi connectivity index (χ2n) is 14.2. The lowest BCUT2D eigenvalue weighted by Gasteiger charge is -2.27. The van der Waals surface area contributed by atoms with Crippen molar-refractivity contribution in [2.75, 3.05) is 20.3 Å². The predicted molar refractivity (Wildman–Crippen MR) is 194 cm³/mol. The number of hydrogen-bond acceptors (Lipinski definition) is 8. The van der Waals surface area contributed by atoms with Crippen LogP contribution in [-0.4, -0.2) is 73.2 Å². The summed E-state index contributed by atoms with van der Waals surface area (Å²) in [4.78, 5) is 54.8. The lowest BCUT2D eigenvalue weighted by molar-refractivity contribution is 0.0524. The number of amides is 1. The van der Waals surface area contributed by atoms with Crippen molar-refractivity contribution in [3.8, 4) is 28.5 Å². The number of nitrogens with one attached hydrogen (secondary N) is 1. The van der Waals surface area contributed by atoms with Crippen LogP contribution < -0.4 is 15.9 Å². The Morgan fingerprint density at radius 3 is 2.61 bits per heavy atom. The molecule has 12 heteroatoms. The maximum atomic E-state index is 13.8. The Bertz CT molecular complexity index is 2470. The first-order chi connectivity index (χ1) is 24.7. The highest BCUT2D eigenvalue weighted by Gasteiger charge is 2.47. The number of carbonyl (C=O) groups excluding carboxylic acids is 2. The summed E-state index contributed by atoms with van der Waals surface area (Å²) < 4.78 is 15.2. The van der Waals surface area contributed by atoms with Gasteiger partial charge in [0.15, 0.2) is 5.82 Å². The van der Waals surface area contributed by atoms with Gasteiger partial charge in [-0.2, -0.15) is 0 Å². The molecule has 3 fully saturated rings. The predicted octanol–water partition coefficient (Wildman–Crippen LogP) is 5.26. The Hall–Kier alpha value is -5.49. The Kier molecular flexibility index (Phi) is 7.28. The molecule has 1 saturated heterocycles. The van der Waals surface area contributed by atoms with E-state index < -0.39 is 5.97 Å². The van der Waals surface area contributed by atoms with Gasteiger partial charge in [0.2, 0.25) is 5.43 Å². The zero-order valence-electron chi connectivity index (χ0n) is 28.8. The number of aromatic nitrogens is 5. The molecule has 2 saturated carbocycles. The van der Waals surface area contributed by atoms with Crippen LogP contribution in [0.5, 0.6) is 5.75 Å². The van der Waals surface area contributed by atoms with Gasteiger partial charge in [-0.25, -0.2) is 14.8 Å². The molecule has 3 aliphatic rings. The van der Waals surface area contributed by atoms with Gasteiger partial charge in [-0.3, -0.25) is 9.59 Å². The summed E-state index contributed by atoms with van der Waals surface area (Å²) in [6.07, 6.45) is 5.73. The van der Waals surface area contributed by atoms with Crippen LogP contribution in [0.25, 0.3) is 55.7 Å². The molecule has 2 aromatic carbocycles. The fourth-order valence-corrected chi connectivity index (χ4v) is 8.22. The molecule has 12 nitrogen and oxygen atoms in total. The number of pyridine rings is 2. The van der Waals surface area contributed by atoms with Crippen molar-refractivity contribution in [3.05, 3.63) is 76.1 Å².